The van der Waals surface area contributed by atoms with Crippen LogP contribution < -0.4 is 0 Å². The minimum atomic E-state index is -0.254. The Morgan fingerprint density at radius 1 is 1.33 bits per heavy atom. The fourth-order valence-electron chi connectivity index (χ4n) is 2.54. The van der Waals surface area contributed by atoms with Gasteiger partial charge in [0.05, 0.1) is 18.3 Å². The highest BCUT2D eigenvalue weighted by molar-refractivity contribution is 5.89. The van der Waals surface area contributed by atoms with Crippen LogP contribution in [0.3, 0.4) is 0 Å². The van der Waals surface area contributed by atoms with Crippen LogP contribution in [0, 0.1) is 0 Å². The van der Waals surface area contributed by atoms with E-state index < -0.39 is 0 Å². The number of hydrogen-bond acceptors (Lipinski definition) is 3. The molecule has 1 aliphatic rings. The third kappa shape index (κ3) is 3.10. The van der Waals surface area contributed by atoms with Crippen molar-refractivity contribution in [2.75, 3.05) is 6.61 Å². The molecule has 3 nitrogen and oxygen atoms in total. The highest BCUT2D eigenvalue weighted by Crippen LogP contribution is 2.33. The van der Waals surface area contributed by atoms with Gasteiger partial charge >= 0.3 is 5.97 Å². The molecule has 1 aliphatic carbocycles. The van der Waals surface area contributed by atoms with Crippen LogP contribution in [0.4, 0.5) is 0 Å². The predicted octanol–water partition coefficient (Wildman–Crippen LogP) is 2.88. The first-order valence-electron chi connectivity index (χ1n) is 6.66. The fourth-order valence-corrected chi connectivity index (χ4v) is 2.54. The molecule has 0 aliphatic heterocycles. The Bertz CT molecular complexity index is 406. The molecule has 1 N–H and O–H groups in total. The van der Waals surface area contributed by atoms with Crippen LogP contribution in [0.5, 0.6) is 0 Å². The normalized spacial score (nSPS) is 23.7. The molecule has 98 valence electrons. The van der Waals surface area contributed by atoms with E-state index in [1.807, 2.05) is 19.1 Å². The Morgan fingerprint density at radius 3 is 2.72 bits per heavy atom. The molecule has 1 saturated carbocycles. The van der Waals surface area contributed by atoms with E-state index in [1.165, 1.54) is 5.56 Å². The van der Waals surface area contributed by atoms with E-state index in [0.717, 1.165) is 25.7 Å². The average Bonchev–Trinajstić information content (AvgIpc) is 2.40. The van der Waals surface area contributed by atoms with Gasteiger partial charge in [0.25, 0.3) is 0 Å². The van der Waals surface area contributed by atoms with Gasteiger partial charge in [0, 0.05) is 0 Å². The molecule has 0 aromatic heterocycles. The number of ether oxygens (including phenoxy) is 1. The minimum Gasteiger partial charge on any atom is -0.462 e. The molecular formula is C15H20O3. The van der Waals surface area contributed by atoms with Gasteiger partial charge < -0.3 is 9.84 Å². The zero-order chi connectivity index (χ0) is 13.0. The van der Waals surface area contributed by atoms with Gasteiger partial charge in [-0.3, -0.25) is 0 Å². The van der Waals surface area contributed by atoms with E-state index in [0.29, 0.717) is 18.1 Å². The Kier molecular flexibility index (Phi) is 4.37. The quantitative estimate of drug-likeness (QED) is 0.837. The lowest BCUT2D eigenvalue weighted by molar-refractivity contribution is 0.0526. The summed E-state index contributed by atoms with van der Waals surface area (Å²) in [5.41, 5.74) is 1.81. The second kappa shape index (κ2) is 6.01. The Morgan fingerprint density at radius 2 is 2.06 bits per heavy atom. The molecule has 2 rings (SSSR count). The van der Waals surface area contributed by atoms with Gasteiger partial charge in [0.1, 0.15) is 0 Å². The van der Waals surface area contributed by atoms with E-state index in [-0.39, 0.29) is 12.1 Å². The summed E-state index contributed by atoms with van der Waals surface area (Å²) < 4.78 is 5.01. The van der Waals surface area contributed by atoms with Crippen molar-refractivity contribution < 1.29 is 14.6 Å². The number of carbonyl (C=O) groups is 1. The van der Waals surface area contributed by atoms with Crippen molar-refractivity contribution in [3.05, 3.63) is 35.4 Å². The van der Waals surface area contributed by atoms with Gasteiger partial charge in [-0.2, -0.15) is 0 Å². The molecule has 0 amide bonds. The van der Waals surface area contributed by atoms with E-state index in [2.05, 4.69) is 6.07 Å². The highest BCUT2D eigenvalue weighted by atomic mass is 16.5. The number of carbonyl (C=O) groups excluding carboxylic acids is 1. The molecular weight excluding hydrogens is 228 g/mol. The molecule has 0 bridgehead atoms. The summed E-state index contributed by atoms with van der Waals surface area (Å²) in [5, 5.41) is 9.51. The zero-order valence-corrected chi connectivity index (χ0v) is 10.8. The van der Waals surface area contributed by atoms with Crippen LogP contribution in [0.1, 0.15) is 54.4 Å². The zero-order valence-electron chi connectivity index (χ0n) is 10.8. The second-order valence-electron chi connectivity index (χ2n) is 4.85. The van der Waals surface area contributed by atoms with Crippen molar-refractivity contribution in [1.29, 1.82) is 0 Å². The van der Waals surface area contributed by atoms with Gasteiger partial charge in [-0.05, 0) is 56.2 Å². The van der Waals surface area contributed by atoms with Crippen molar-refractivity contribution in [2.45, 2.75) is 44.6 Å². The Labute approximate surface area is 108 Å². The lowest BCUT2D eigenvalue weighted by atomic mass is 9.82. The van der Waals surface area contributed by atoms with Gasteiger partial charge in [0.15, 0.2) is 0 Å². The maximum absolute atomic E-state index is 11.7. The first kappa shape index (κ1) is 13.1. The van der Waals surface area contributed by atoms with Crippen LogP contribution in [0.15, 0.2) is 24.3 Å². The summed E-state index contributed by atoms with van der Waals surface area (Å²) in [4.78, 5) is 11.7. The van der Waals surface area contributed by atoms with Crippen LogP contribution in [-0.2, 0) is 4.74 Å². The molecule has 0 atom stereocenters. The third-order valence-corrected chi connectivity index (χ3v) is 3.57. The monoisotopic (exact) mass is 248 g/mol. The van der Waals surface area contributed by atoms with Crippen molar-refractivity contribution in [3.8, 4) is 0 Å². The third-order valence-electron chi connectivity index (χ3n) is 3.57. The summed E-state index contributed by atoms with van der Waals surface area (Å²) in [6.07, 6.45) is 3.55. The first-order chi connectivity index (χ1) is 8.70. The summed E-state index contributed by atoms with van der Waals surface area (Å²) in [6, 6.07) is 7.69. The maximum atomic E-state index is 11.7. The lowest BCUT2D eigenvalue weighted by Gasteiger charge is -2.25. The average molecular weight is 248 g/mol. The number of hydrogen-bond donors (Lipinski definition) is 1. The molecule has 3 heteroatoms. The summed E-state index contributed by atoms with van der Waals surface area (Å²) in [5.74, 6) is 0.206. The number of esters is 1. The van der Waals surface area contributed by atoms with Gasteiger partial charge in [-0.1, -0.05) is 12.1 Å². The fraction of sp³-hybridized carbons (Fsp3) is 0.533. The highest BCUT2D eigenvalue weighted by Gasteiger charge is 2.21. The van der Waals surface area contributed by atoms with Crippen LogP contribution in [0.2, 0.25) is 0 Å². The Balaban J connectivity index is 2.09. The molecule has 1 fully saturated rings. The molecule has 1 aromatic carbocycles. The van der Waals surface area contributed by atoms with E-state index >= 15 is 0 Å². The Hall–Kier alpha value is -1.35. The molecule has 18 heavy (non-hydrogen) atoms. The van der Waals surface area contributed by atoms with Crippen molar-refractivity contribution in [2.24, 2.45) is 0 Å². The van der Waals surface area contributed by atoms with E-state index in [4.69, 9.17) is 4.74 Å². The van der Waals surface area contributed by atoms with Crippen molar-refractivity contribution >= 4 is 5.97 Å². The standard InChI is InChI=1S/C15H20O3/c1-2-18-15(17)13-5-3-4-12(10-13)11-6-8-14(16)9-7-11/h3-5,10-11,14,16H,2,6-9H2,1H3. The predicted molar refractivity (Wildman–Crippen MR) is 69.6 cm³/mol. The summed E-state index contributed by atoms with van der Waals surface area (Å²) in [6.45, 7) is 2.21. The molecule has 0 unspecified atom stereocenters. The summed E-state index contributed by atoms with van der Waals surface area (Å²) in [7, 11) is 0. The van der Waals surface area contributed by atoms with E-state index in [1.54, 1.807) is 6.07 Å². The van der Waals surface area contributed by atoms with Gasteiger partial charge in [-0.15, -0.1) is 0 Å². The van der Waals surface area contributed by atoms with Gasteiger partial charge in [0.2, 0.25) is 0 Å². The van der Waals surface area contributed by atoms with Gasteiger partial charge in [-0.25, -0.2) is 4.79 Å². The van der Waals surface area contributed by atoms with Crippen LogP contribution in [0.25, 0.3) is 0 Å². The van der Waals surface area contributed by atoms with Crippen molar-refractivity contribution in [3.63, 3.8) is 0 Å². The number of benzene rings is 1. The minimum absolute atomic E-state index is 0.144. The second-order valence-corrected chi connectivity index (χ2v) is 4.85. The number of rotatable bonds is 3. The topological polar surface area (TPSA) is 46.5 Å². The number of aliphatic hydroxyl groups excluding tert-OH is 1. The maximum Gasteiger partial charge on any atom is 0.338 e. The molecule has 0 saturated heterocycles. The largest absolute Gasteiger partial charge is 0.462 e. The molecule has 1 aromatic rings. The molecule has 0 spiro atoms. The van der Waals surface area contributed by atoms with E-state index in [9.17, 15) is 9.90 Å². The van der Waals surface area contributed by atoms with Crippen LogP contribution in [-0.4, -0.2) is 23.8 Å². The summed E-state index contributed by atoms with van der Waals surface area (Å²) >= 11 is 0. The smallest absolute Gasteiger partial charge is 0.338 e. The van der Waals surface area contributed by atoms with Crippen LogP contribution >= 0.6 is 0 Å². The first-order valence-corrected chi connectivity index (χ1v) is 6.66. The molecule has 0 heterocycles. The molecule has 0 radical (unpaired) electrons. The lowest BCUT2D eigenvalue weighted by Crippen LogP contribution is -2.17. The van der Waals surface area contributed by atoms with Crippen molar-refractivity contribution in [1.82, 2.24) is 0 Å². The number of aliphatic hydroxyl groups is 1. The SMILES string of the molecule is CCOC(=O)c1cccc(C2CCC(O)CC2)c1.